The quantitative estimate of drug-likeness (QED) is 0.186. The monoisotopic (exact) mass is 594 g/mol. The summed E-state index contributed by atoms with van der Waals surface area (Å²) in [5.41, 5.74) is -0.891. The Balaban J connectivity index is 1.82. The number of carbonyl (C=O) groups is 2. The number of pyridine rings is 1. The van der Waals surface area contributed by atoms with Gasteiger partial charge in [0.1, 0.15) is 17.6 Å². The number of ether oxygens (including phenoxy) is 2. The summed E-state index contributed by atoms with van der Waals surface area (Å²) in [6, 6.07) is 10.4. The molecule has 0 spiro atoms. The number of nitrogens with zero attached hydrogens (tertiary/aromatic N) is 1. The minimum atomic E-state index is -4.89. The molecule has 1 amide bonds. The van der Waals surface area contributed by atoms with Gasteiger partial charge in [0.05, 0.1) is 40.9 Å². The molecule has 0 bridgehead atoms. The molecule has 0 aliphatic heterocycles. The third kappa shape index (κ3) is 5.83. The second kappa shape index (κ2) is 11.7. The Morgan fingerprint density at radius 1 is 1.02 bits per heavy atom. The number of alkyl halides is 3. The van der Waals surface area contributed by atoms with Crippen LogP contribution in [0.4, 0.5) is 17.6 Å². The summed E-state index contributed by atoms with van der Waals surface area (Å²) in [7, 11) is 2.28. The van der Waals surface area contributed by atoms with E-state index in [0.29, 0.717) is 11.6 Å². The maximum Gasteiger partial charge on any atom is 0.417 e. The van der Waals surface area contributed by atoms with Crippen molar-refractivity contribution in [1.29, 1.82) is 0 Å². The van der Waals surface area contributed by atoms with Gasteiger partial charge in [-0.05, 0) is 35.4 Å². The molecule has 3 aromatic carbocycles. The summed E-state index contributed by atoms with van der Waals surface area (Å²) in [5, 5.41) is 2.97. The van der Waals surface area contributed by atoms with Crippen LogP contribution < -0.4 is 10.1 Å². The number of nitrogens with one attached hydrogen (secondary N) is 1. The fourth-order valence-electron chi connectivity index (χ4n) is 4.36. The highest BCUT2D eigenvalue weighted by atomic mass is 35.5. The van der Waals surface area contributed by atoms with E-state index in [1.165, 1.54) is 36.5 Å². The predicted molar refractivity (Wildman–Crippen MR) is 142 cm³/mol. The minimum absolute atomic E-state index is 0.0406. The Morgan fingerprint density at radius 2 is 1.73 bits per heavy atom. The van der Waals surface area contributed by atoms with E-state index in [0.717, 1.165) is 20.3 Å². The molecule has 1 heterocycles. The first kappa shape index (κ1) is 29.1. The molecular formula is C28H20Cl2F4N2O4. The highest BCUT2D eigenvalue weighted by molar-refractivity contribution is 6.39. The number of benzene rings is 3. The molecule has 0 aliphatic rings. The molecule has 40 heavy (non-hydrogen) atoms. The molecule has 6 nitrogen and oxygen atoms in total. The number of aromatic nitrogens is 1. The van der Waals surface area contributed by atoms with Crippen molar-refractivity contribution in [2.45, 2.75) is 18.6 Å². The molecule has 1 N–H and O–H groups in total. The highest BCUT2D eigenvalue weighted by Gasteiger charge is 2.37. The van der Waals surface area contributed by atoms with E-state index in [1.807, 2.05) is 0 Å². The zero-order chi connectivity index (χ0) is 29.2. The summed E-state index contributed by atoms with van der Waals surface area (Å²) in [5.74, 6) is -2.95. The van der Waals surface area contributed by atoms with Crippen LogP contribution in [-0.4, -0.2) is 37.1 Å². The van der Waals surface area contributed by atoms with Gasteiger partial charge in [-0.25, -0.2) is 9.18 Å². The molecule has 1 aromatic heterocycles. The number of hydrogen-bond donors (Lipinski definition) is 1. The summed E-state index contributed by atoms with van der Waals surface area (Å²) >= 11 is 12.3. The third-order valence-electron chi connectivity index (χ3n) is 6.12. The summed E-state index contributed by atoms with van der Waals surface area (Å²) < 4.78 is 66.0. The first-order valence-corrected chi connectivity index (χ1v) is 12.4. The molecule has 4 rings (SSSR count). The van der Waals surface area contributed by atoms with Crippen molar-refractivity contribution < 1.29 is 36.6 Å². The molecule has 0 saturated carbocycles. The number of fused-ring (bicyclic) bond motifs is 1. The van der Waals surface area contributed by atoms with Crippen molar-refractivity contribution in [1.82, 2.24) is 10.3 Å². The van der Waals surface area contributed by atoms with Crippen LogP contribution in [0, 0.1) is 5.82 Å². The summed E-state index contributed by atoms with van der Waals surface area (Å²) in [6.07, 6.45) is -3.60. The van der Waals surface area contributed by atoms with Gasteiger partial charge >= 0.3 is 12.1 Å². The average molecular weight is 595 g/mol. The van der Waals surface area contributed by atoms with Gasteiger partial charge in [0, 0.05) is 29.6 Å². The molecule has 208 valence electrons. The van der Waals surface area contributed by atoms with Gasteiger partial charge in [0.2, 0.25) is 0 Å². The van der Waals surface area contributed by atoms with Crippen LogP contribution in [0.3, 0.4) is 0 Å². The Kier molecular flexibility index (Phi) is 8.51. The van der Waals surface area contributed by atoms with E-state index < -0.39 is 35.5 Å². The van der Waals surface area contributed by atoms with Crippen LogP contribution in [0.2, 0.25) is 10.0 Å². The van der Waals surface area contributed by atoms with E-state index >= 15 is 0 Å². The van der Waals surface area contributed by atoms with E-state index in [4.69, 9.17) is 32.7 Å². The Hall–Kier alpha value is -3.89. The number of rotatable bonds is 7. The van der Waals surface area contributed by atoms with Crippen molar-refractivity contribution >= 4 is 46.0 Å². The Labute approximate surface area is 235 Å². The molecular weight excluding hydrogens is 575 g/mol. The fourth-order valence-corrected chi connectivity index (χ4v) is 4.93. The van der Waals surface area contributed by atoms with Gasteiger partial charge in [0.15, 0.2) is 0 Å². The topological polar surface area (TPSA) is 77.5 Å². The lowest BCUT2D eigenvalue weighted by Gasteiger charge is -2.21. The normalized spacial score (nSPS) is 12.2. The van der Waals surface area contributed by atoms with Crippen molar-refractivity contribution in [3.8, 4) is 16.9 Å². The first-order valence-electron chi connectivity index (χ1n) is 11.6. The number of carbonyl (C=O) groups excluding carboxylic acids is 2. The largest absolute Gasteiger partial charge is 0.496 e. The number of esters is 1. The molecule has 4 aromatic rings. The molecule has 0 fully saturated rings. The smallest absolute Gasteiger partial charge is 0.417 e. The zero-order valence-corrected chi connectivity index (χ0v) is 22.4. The van der Waals surface area contributed by atoms with E-state index in [2.05, 4.69) is 10.3 Å². The van der Waals surface area contributed by atoms with Gasteiger partial charge in [-0.1, -0.05) is 47.5 Å². The lowest BCUT2D eigenvalue weighted by atomic mass is 9.91. The molecule has 0 radical (unpaired) electrons. The molecule has 0 unspecified atom stereocenters. The van der Waals surface area contributed by atoms with E-state index in [1.54, 1.807) is 12.1 Å². The Morgan fingerprint density at radius 3 is 2.35 bits per heavy atom. The zero-order valence-electron chi connectivity index (χ0n) is 20.9. The maximum atomic E-state index is 14.1. The van der Waals surface area contributed by atoms with Gasteiger partial charge in [-0.15, -0.1) is 0 Å². The van der Waals surface area contributed by atoms with Crippen molar-refractivity contribution in [2.75, 3.05) is 14.2 Å². The van der Waals surface area contributed by atoms with Gasteiger partial charge < -0.3 is 14.8 Å². The average Bonchev–Trinajstić information content (AvgIpc) is 2.91. The summed E-state index contributed by atoms with van der Waals surface area (Å²) in [4.78, 5) is 30.0. The Bertz CT molecular complexity index is 1590. The fraction of sp³-hybridized carbons (Fsp3) is 0.179. The molecule has 0 aliphatic carbocycles. The second-order valence-corrected chi connectivity index (χ2v) is 9.36. The van der Waals surface area contributed by atoms with Crippen LogP contribution in [0.5, 0.6) is 5.75 Å². The number of methoxy groups -OCH3 is 2. The molecule has 1 atom stereocenters. The van der Waals surface area contributed by atoms with Crippen LogP contribution in [-0.2, 0) is 22.1 Å². The van der Waals surface area contributed by atoms with E-state index in [9.17, 15) is 27.2 Å². The highest BCUT2D eigenvalue weighted by Crippen LogP contribution is 2.45. The van der Waals surface area contributed by atoms with E-state index in [-0.39, 0.29) is 49.8 Å². The van der Waals surface area contributed by atoms with Crippen molar-refractivity contribution in [3.05, 3.63) is 93.3 Å². The maximum absolute atomic E-state index is 14.1. The lowest BCUT2D eigenvalue weighted by Crippen LogP contribution is -2.43. The number of halogens is 6. The van der Waals surface area contributed by atoms with Crippen LogP contribution in [0.15, 0.2) is 60.8 Å². The number of amides is 1. The van der Waals surface area contributed by atoms with Gasteiger partial charge in [-0.2, -0.15) is 13.2 Å². The SMILES string of the molecule is COC(=O)[C@H](Cc1ccc(-c2c(OC)cc(F)cc2C(F)(F)F)c2cccnc12)NC(=O)c1c(Cl)cccc1Cl. The first-order chi connectivity index (χ1) is 19.0. The third-order valence-corrected chi connectivity index (χ3v) is 6.75. The lowest BCUT2D eigenvalue weighted by molar-refractivity contribution is -0.142. The van der Waals surface area contributed by atoms with Crippen molar-refractivity contribution in [3.63, 3.8) is 0 Å². The molecule has 0 saturated heterocycles. The second-order valence-electron chi connectivity index (χ2n) is 8.55. The van der Waals surface area contributed by atoms with Crippen molar-refractivity contribution in [2.24, 2.45) is 0 Å². The van der Waals surface area contributed by atoms with Gasteiger partial charge in [-0.3, -0.25) is 9.78 Å². The predicted octanol–water partition coefficient (Wildman–Crippen LogP) is 6.89. The van der Waals surface area contributed by atoms with Crippen LogP contribution >= 0.6 is 23.2 Å². The minimum Gasteiger partial charge on any atom is -0.496 e. The van der Waals surface area contributed by atoms with Crippen LogP contribution in [0.1, 0.15) is 21.5 Å². The standard InChI is InChI=1S/C28H20Cl2F4N2O4/c1-39-22-13-15(31)12-18(28(32,33)34)23(22)16-9-8-14(25-17(16)5-4-10-35-25)11-21(27(38)40-2)36-26(37)24-19(29)6-3-7-20(24)30/h3-10,12-13,21H,11H2,1-2H3,(H,36,37)/t21-/m0/s1. The van der Waals surface area contributed by atoms with Crippen LogP contribution in [0.25, 0.3) is 22.0 Å². The molecule has 12 heteroatoms. The number of hydrogen-bond acceptors (Lipinski definition) is 5. The summed E-state index contributed by atoms with van der Waals surface area (Å²) in [6.45, 7) is 0. The van der Waals surface area contributed by atoms with Gasteiger partial charge in [0.25, 0.3) is 5.91 Å².